The number of halogens is 1. The van der Waals surface area contributed by atoms with Gasteiger partial charge in [-0.25, -0.2) is 0 Å². The Hall–Kier alpha value is -1.85. The van der Waals surface area contributed by atoms with Crippen LogP contribution in [0.25, 0.3) is 21.5 Å². The number of carbonyl (C=O) groups excluding carboxylic acids is 1. The Morgan fingerprint density at radius 1 is 1.33 bits per heavy atom. The number of hydrogen-bond donors (Lipinski definition) is 1. The Kier molecular flexibility index (Phi) is 4.92. The monoisotopic (exact) mass is 361 g/mol. The van der Waals surface area contributed by atoms with Gasteiger partial charge in [0.2, 0.25) is 0 Å². The number of hydrogen-bond acceptors (Lipinski definition) is 3. The zero-order valence-electron chi connectivity index (χ0n) is 14.0. The summed E-state index contributed by atoms with van der Waals surface area (Å²) < 4.78 is 1.83. The summed E-state index contributed by atoms with van der Waals surface area (Å²) in [6, 6.07) is 9.53. The fourth-order valence-electron chi connectivity index (χ4n) is 2.54. The number of benzene rings is 1. The second-order valence-corrected chi connectivity index (χ2v) is 7.71. The summed E-state index contributed by atoms with van der Waals surface area (Å²) in [5.74, 6) is 0.562. The van der Waals surface area contributed by atoms with Crippen LogP contribution in [0.4, 0.5) is 0 Å². The van der Waals surface area contributed by atoms with E-state index in [4.69, 9.17) is 11.6 Å². The highest BCUT2D eigenvalue weighted by Gasteiger charge is 2.17. The molecule has 0 saturated carbocycles. The fraction of sp³-hybridized carbons (Fsp3) is 0.333. The Balaban J connectivity index is 1.89. The van der Waals surface area contributed by atoms with E-state index in [-0.39, 0.29) is 5.91 Å². The topological polar surface area (TPSA) is 46.9 Å². The van der Waals surface area contributed by atoms with Crippen LogP contribution in [0.1, 0.15) is 29.9 Å². The Bertz CT molecular complexity index is 864. The van der Waals surface area contributed by atoms with E-state index in [9.17, 15) is 4.79 Å². The molecule has 0 unspecified atom stereocenters. The average Bonchev–Trinajstić information content (AvgIpc) is 3.09. The van der Waals surface area contributed by atoms with Gasteiger partial charge in [0.15, 0.2) is 0 Å². The molecule has 1 N–H and O–H groups in total. The maximum Gasteiger partial charge on any atom is 0.261 e. The van der Waals surface area contributed by atoms with E-state index >= 15 is 0 Å². The Morgan fingerprint density at radius 2 is 2.04 bits per heavy atom. The number of amides is 1. The molecule has 2 heterocycles. The van der Waals surface area contributed by atoms with Crippen molar-refractivity contribution in [1.29, 1.82) is 0 Å². The van der Waals surface area contributed by atoms with Crippen LogP contribution in [0.15, 0.2) is 30.3 Å². The molecule has 0 saturated heterocycles. The fourth-order valence-corrected chi connectivity index (χ4v) is 3.65. The first kappa shape index (κ1) is 17.0. The van der Waals surface area contributed by atoms with Gasteiger partial charge in [-0.05, 0) is 30.5 Å². The molecule has 0 spiro atoms. The summed E-state index contributed by atoms with van der Waals surface area (Å²) in [6.45, 7) is 5.00. The number of nitrogens with one attached hydrogen (secondary N) is 1. The van der Waals surface area contributed by atoms with Gasteiger partial charge in [-0.2, -0.15) is 5.10 Å². The second kappa shape index (κ2) is 6.95. The minimum atomic E-state index is -0.0149. The SMILES string of the molecule is CC(C)CCNC(=O)c1cc2c(-c3ccc(Cl)cc3)nn(C)c2s1. The third-order valence-electron chi connectivity index (χ3n) is 3.86. The van der Waals surface area contributed by atoms with Crippen molar-refractivity contribution in [3.63, 3.8) is 0 Å². The van der Waals surface area contributed by atoms with Gasteiger partial charge in [-0.15, -0.1) is 11.3 Å². The first-order chi connectivity index (χ1) is 11.5. The number of nitrogens with zero attached hydrogens (tertiary/aromatic N) is 2. The van der Waals surface area contributed by atoms with Crippen molar-refractivity contribution < 1.29 is 4.79 Å². The van der Waals surface area contributed by atoms with E-state index in [0.717, 1.165) is 32.8 Å². The van der Waals surface area contributed by atoms with Crippen molar-refractivity contribution in [2.75, 3.05) is 6.54 Å². The van der Waals surface area contributed by atoms with E-state index in [1.165, 1.54) is 11.3 Å². The highest BCUT2D eigenvalue weighted by atomic mass is 35.5. The van der Waals surface area contributed by atoms with Gasteiger partial charge in [0, 0.05) is 29.6 Å². The summed E-state index contributed by atoms with van der Waals surface area (Å²) in [5, 5.41) is 9.27. The summed E-state index contributed by atoms with van der Waals surface area (Å²) in [4.78, 5) is 14.1. The molecule has 0 aliphatic rings. The molecule has 4 nitrogen and oxygen atoms in total. The van der Waals surface area contributed by atoms with Crippen LogP contribution in [-0.4, -0.2) is 22.2 Å². The van der Waals surface area contributed by atoms with Crippen LogP contribution in [-0.2, 0) is 7.05 Å². The van der Waals surface area contributed by atoms with Gasteiger partial charge in [-0.3, -0.25) is 9.48 Å². The second-order valence-electron chi connectivity index (χ2n) is 6.25. The zero-order chi connectivity index (χ0) is 17.3. The lowest BCUT2D eigenvalue weighted by molar-refractivity contribution is 0.0956. The highest BCUT2D eigenvalue weighted by molar-refractivity contribution is 7.20. The van der Waals surface area contributed by atoms with Crippen molar-refractivity contribution in [2.24, 2.45) is 13.0 Å². The van der Waals surface area contributed by atoms with E-state index in [0.29, 0.717) is 17.5 Å². The molecule has 0 aliphatic heterocycles. The molecule has 126 valence electrons. The number of fused-ring (bicyclic) bond motifs is 1. The normalized spacial score (nSPS) is 11.4. The molecule has 1 aromatic carbocycles. The van der Waals surface area contributed by atoms with Crippen molar-refractivity contribution in [1.82, 2.24) is 15.1 Å². The molecule has 6 heteroatoms. The van der Waals surface area contributed by atoms with Gasteiger partial charge in [0.1, 0.15) is 10.5 Å². The molecule has 0 atom stereocenters. The molecule has 2 aromatic heterocycles. The van der Waals surface area contributed by atoms with Crippen LogP contribution >= 0.6 is 22.9 Å². The smallest absolute Gasteiger partial charge is 0.261 e. The molecule has 0 aliphatic carbocycles. The maximum absolute atomic E-state index is 12.3. The lowest BCUT2D eigenvalue weighted by Crippen LogP contribution is -2.24. The van der Waals surface area contributed by atoms with Crippen molar-refractivity contribution in [3.05, 3.63) is 40.2 Å². The highest BCUT2D eigenvalue weighted by Crippen LogP contribution is 2.34. The standard InChI is InChI=1S/C18H20ClN3OS/c1-11(2)8-9-20-17(23)15-10-14-16(21-22(3)18(14)24-15)12-4-6-13(19)7-5-12/h4-7,10-11H,8-9H2,1-3H3,(H,20,23). The van der Waals surface area contributed by atoms with Crippen LogP contribution in [0.2, 0.25) is 5.02 Å². The molecular formula is C18H20ClN3OS. The van der Waals surface area contributed by atoms with Gasteiger partial charge in [0.05, 0.1) is 4.88 Å². The molecule has 0 radical (unpaired) electrons. The number of aryl methyl sites for hydroxylation is 1. The van der Waals surface area contributed by atoms with Gasteiger partial charge in [-0.1, -0.05) is 37.6 Å². The molecule has 3 aromatic rings. The third kappa shape index (κ3) is 3.47. The molecule has 3 rings (SSSR count). The largest absolute Gasteiger partial charge is 0.351 e. The first-order valence-corrected chi connectivity index (χ1v) is 9.16. The van der Waals surface area contributed by atoms with E-state index in [1.807, 2.05) is 42.1 Å². The van der Waals surface area contributed by atoms with Crippen LogP contribution in [0, 0.1) is 5.92 Å². The predicted octanol–water partition coefficient (Wildman–Crippen LogP) is 4.73. The van der Waals surface area contributed by atoms with Gasteiger partial charge >= 0.3 is 0 Å². The summed E-state index contributed by atoms with van der Waals surface area (Å²) in [7, 11) is 1.90. The third-order valence-corrected chi connectivity index (χ3v) is 5.31. The lowest BCUT2D eigenvalue weighted by atomic mass is 10.1. The maximum atomic E-state index is 12.3. The lowest BCUT2D eigenvalue weighted by Gasteiger charge is -2.05. The molecule has 1 amide bonds. The predicted molar refractivity (Wildman–Crippen MR) is 101 cm³/mol. The average molecular weight is 362 g/mol. The summed E-state index contributed by atoms with van der Waals surface area (Å²) in [6.07, 6.45) is 0.980. The quantitative estimate of drug-likeness (QED) is 0.714. The first-order valence-electron chi connectivity index (χ1n) is 7.96. The minimum absolute atomic E-state index is 0.0149. The Labute approximate surface area is 150 Å². The van der Waals surface area contributed by atoms with Crippen molar-refractivity contribution >= 4 is 39.1 Å². The van der Waals surface area contributed by atoms with Crippen molar-refractivity contribution in [3.8, 4) is 11.3 Å². The zero-order valence-corrected chi connectivity index (χ0v) is 15.5. The van der Waals surface area contributed by atoms with Crippen molar-refractivity contribution in [2.45, 2.75) is 20.3 Å². The van der Waals surface area contributed by atoms with Crippen LogP contribution in [0.3, 0.4) is 0 Å². The molecule has 0 fully saturated rings. The summed E-state index contributed by atoms with van der Waals surface area (Å²) in [5.41, 5.74) is 1.87. The number of aromatic nitrogens is 2. The van der Waals surface area contributed by atoms with E-state index in [2.05, 4.69) is 24.3 Å². The summed E-state index contributed by atoms with van der Waals surface area (Å²) >= 11 is 7.43. The van der Waals surface area contributed by atoms with E-state index in [1.54, 1.807) is 0 Å². The molecular weight excluding hydrogens is 342 g/mol. The number of thiophene rings is 1. The van der Waals surface area contributed by atoms with Gasteiger partial charge < -0.3 is 5.32 Å². The van der Waals surface area contributed by atoms with Crippen LogP contribution in [0.5, 0.6) is 0 Å². The number of rotatable bonds is 5. The molecule has 24 heavy (non-hydrogen) atoms. The molecule has 0 bridgehead atoms. The Morgan fingerprint density at radius 3 is 2.71 bits per heavy atom. The van der Waals surface area contributed by atoms with Gasteiger partial charge in [0.25, 0.3) is 5.91 Å². The van der Waals surface area contributed by atoms with Crippen LogP contribution < -0.4 is 5.32 Å². The van der Waals surface area contributed by atoms with E-state index < -0.39 is 0 Å². The number of carbonyl (C=O) groups is 1. The minimum Gasteiger partial charge on any atom is -0.351 e.